The number of benzene rings is 1. The van der Waals surface area contributed by atoms with Crippen LogP contribution in [0.1, 0.15) is 12.5 Å². The Hall–Kier alpha value is -0.600. The summed E-state index contributed by atoms with van der Waals surface area (Å²) in [7, 11) is 0. The van der Waals surface area contributed by atoms with E-state index in [1.54, 1.807) is 0 Å². The Labute approximate surface area is 69.4 Å². The van der Waals surface area contributed by atoms with Gasteiger partial charge in [-0.15, -0.1) is 0 Å². The lowest BCUT2D eigenvalue weighted by Gasteiger charge is -2.12. The summed E-state index contributed by atoms with van der Waals surface area (Å²) < 4.78 is 12.8. The fraction of sp³-hybridized carbons (Fsp3) is 0.250. The first-order valence-electron chi connectivity index (χ1n) is 3.17. The van der Waals surface area contributed by atoms with Gasteiger partial charge in [-0.1, -0.05) is 23.7 Å². The van der Waals surface area contributed by atoms with Gasteiger partial charge < -0.3 is 5.11 Å². The van der Waals surface area contributed by atoms with Gasteiger partial charge in [-0.25, -0.2) is 4.39 Å². The smallest absolute Gasteiger partial charge is 0.230 e. The van der Waals surface area contributed by atoms with Crippen LogP contribution in [-0.4, -0.2) is 5.11 Å². The largest absolute Gasteiger partial charge is 0.358 e. The van der Waals surface area contributed by atoms with Crippen LogP contribution in [0.4, 0.5) is 4.39 Å². The molecule has 0 heterocycles. The molecule has 0 bridgehead atoms. The van der Waals surface area contributed by atoms with Gasteiger partial charge in [-0.3, -0.25) is 0 Å². The average Bonchev–Trinajstić information content (AvgIpc) is 1.86. The number of alkyl halides is 1. The second kappa shape index (κ2) is 2.80. The molecule has 1 N–H and O–H groups in total. The van der Waals surface area contributed by atoms with Crippen LogP contribution < -0.4 is 0 Å². The first kappa shape index (κ1) is 8.50. The van der Waals surface area contributed by atoms with Gasteiger partial charge in [0, 0.05) is 10.6 Å². The normalized spacial score (nSPS) is 16.0. The third-order valence-electron chi connectivity index (χ3n) is 1.37. The maximum atomic E-state index is 12.8. The van der Waals surface area contributed by atoms with Gasteiger partial charge in [0.2, 0.25) is 5.85 Å². The molecule has 0 unspecified atom stereocenters. The summed E-state index contributed by atoms with van der Waals surface area (Å²) in [5.74, 6) is -2.27. The van der Waals surface area contributed by atoms with E-state index in [4.69, 9.17) is 16.7 Å². The highest BCUT2D eigenvalue weighted by Crippen LogP contribution is 2.22. The molecule has 0 radical (unpaired) electrons. The van der Waals surface area contributed by atoms with Crippen molar-refractivity contribution >= 4 is 11.6 Å². The van der Waals surface area contributed by atoms with Crippen LogP contribution in [0.15, 0.2) is 24.3 Å². The molecule has 11 heavy (non-hydrogen) atoms. The van der Waals surface area contributed by atoms with Gasteiger partial charge in [0.25, 0.3) is 0 Å². The van der Waals surface area contributed by atoms with Gasteiger partial charge >= 0.3 is 0 Å². The molecule has 0 saturated heterocycles. The topological polar surface area (TPSA) is 20.2 Å². The van der Waals surface area contributed by atoms with E-state index in [2.05, 4.69) is 0 Å². The summed E-state index contributed by atoms with van der Waals surface area (Å²) in [6, 6.07) is 5.96. The molecule has 1 aromatic rings. The molecular weight excluding hydrogens is 167 g/mol. The Balaban J connectivity index is 2.99. The molecule has 0 amide bonds. The number of rotatable bonds is 1. The lowest BCUT2D eigenvalue weighted by molar-refractivity contribution is -0.0768. The zero-order valence-electron chi connectivity index (χ0n) is 6.01. The Morgan fingerprint density at radius 3 is 2.18 bits per heavy atom. The maximum absolute atomic E-state index is 12.8. The van der Waals surface area contributed by atoms with Crippen LogP contribution in [0, 0.1) is 0 Å². The van der Waals surface area contributed by atoms with E-state index < -0.39 is 5.85 Å². The zero-order valence-corrected chi connectivity index (χ0v) is 6.77. The first-order valence-corrected chi connectivity index (χ1v) is 3.55. The third-order valence-corrected chi connectivity index (χ3v) is 1.62. The van der Waals surface area contributed by atoms with E-state index in [1.807, 2.05) is 0 Å². The Kier molecular flexibility index (Phi) is 2.16. The van der Waals surface area contributed by atoms with Gasteiger partial charge in [0.05, 0.1) is 0 Å². The molecule has 0 aromatic heterocycles. The monoisotopic (exact) mass is 174 g/mol. The number of halogens is 2. The second-order valence-corrected chi connectivity index (χ2v) is 2.90. The highest BCUT2D eigenvalue weighted by Gasteiger charge is 2.20. The molecule has 0 saturated carbocycles. The Morgan fingerprint density at radius 1 is 1.36 bits per heavy atom. The van der Waals surface area contributed by atoms with Crippen molar-refractivity contribution in [1.82, 2.24) is 0 Å². The minimum atomic E-state index is -2.27. The summed E-state index contributed by atoms with van der Waals surface area (Å²) in [4.78, 5) is 0. The fourth-order valence-corrected chi connectivity index (χ4v) is 0.880. The standard InChI is InChI=1S/C8H8ClFO/c1-8(10,11)6-2-4-7(9)5-3-6/h2-5,11H,1H3/t8-/m1/s1. The third kappa shape index (κ3) is 2.17. The molecule has 0 aliphatic rings. The summed E-state index contributed by atoms with van der Waals surface area (Å²) in [5.41, 5.74) is 0.210. The van der Waals surface area contributed by atoms with Crippen molar-refractivity contribution in [3.8, 4) is 0 Å². The number of hydrogen-bond acceptors (Lipinski definition) is 1. The van der Waals surface area contributed by atoms with E-state index in [-0.39, 0.29) is 5.56 Å². The Bertz CT molecular complexity index is 237. The van der Waals surface area contributed by atoms with E-state index >= 15 is 0 Å². The van der Waals surface area contributed by atoms with Crippen LogP contribution in [0.25, 0.3) is 0 Å². The molecule has 0 aliphatic heterocycles. The molecule has 1 nitrogen and oxygen atoms in total. The summed E-state index contributed by atoms with van der Waals surface area (Å²) in [6.07, 6.45) is 0. The molecule has 1 atom stereocenters. The van der Waals surface area contributed by atoms with Crippen molar-refractivity contribution in [3.63, 3.8) is 0 Å². The molecule has 0 fully saturated rings. The quantitative estimate of drug-likeness (QED) is 0.694. The minimum absolute atomic E-state index is 0.210. The van der Waals surface area contributed by atoms with Crippen molar-refractivity contribution in [2.45, 2.75) is 12.8 Å². The highest BCUT2D eigenvalue weighted by atomic mass is 35.5. The lowest BCUT2D eigenvalue weighted by Crippen LogP contribution is -2.12. The first-order chi connectivity index (χ1) is 5.00. The van der Waals surface area contributed by atoms with Gasteiger partial charge in [0.15, 0.2) is 0 Å². The molecule has 1 aromatic carbocycles. The van der Waals surface area contributed by atoms with E-state index in [9.17, 15) is 4.39 Å². The van der Waals surface area contributed by atoms with Crippen molar-refractivity contribution < 1.29 is 9.50 Å². The molecule has 0 spiro atoms. The minimum Gasteiger partial charge on any atom is -0.358 e. The van der Waals surface area contributed by atoms with E-state index in [1.165, 1.54) is 24.3 Å². The van der Waals surface area contributed by atoms with Crippen molar-refractivity contribution in [3.05, 3.63) is 34.9 Å². The molecule has 0 aliphatic carbocycles. The van der Waals surface area contributed by atoms with Gasteiger partial charge in [0.1, 0.15) is 0 Å². The zero-order chi connectivity index (χ0) is 8.48. The molecular formula is C8H8ClFO. The molecule has 3 heteroatoms. The van der Waals surface area contributed by atoms with Gasteiger partial charge in [-0.05, 0) is 19.1 Å². The van der Waals surface area contributed by atoms with Crippen LogP contribution in [0.2, 0.25) is 5.02 Å². The van der Waals surface area contributed by atoms with Crippen LogP contribution in [0.3, 0.4) is 0 Å². The lowest BCUT2D eigenvalue weighted by atomic mass is 10.1. The number of aliphatic hydroxyl groups is 1. The van der Waals surface area contributed by atoms with Gasteiger partial charge in [-0.2, -0.15) is 0 Å². The van der Waals surface area contributed by atoms with Crippen molar-refractivity contribution in [1.29, 1.82) is 0 Å². The van der Waals surface area contributed by atoms with Crippen molar-refractivity contribution in [2.24, 2.45) is 0 Å². The van der Waals surface area contributed by atoms with E-state index in [0.717, 1.165) is 6.92 Å². The SMILES string of the molecule is C[C@](O)(F)c1ccc(Cl)cc1. The second-order valence-electron chi connectivity index (χ2n) is 2.46. The Morgan fingerprint density at radius 2 is 1.82 bits per heavy atom. The molecule has 1 rings (SSSR count). The van der Waals surface area contributed by atoms with Crippen LogP contribution in [0.5, 0.6) is 0 Å². The fourth-order valence-electron chi connectivity index (χ4n) is 0.754. The van der Waals surface area contributed by atoms with Crippen LogP contribution in [-0.2, 0) is 5.85 Å². The van der Waals surface area contributed by atoms with Crippen LogP contribution >= 0.6 is 11.6 Å². The number of hydrogen-bond donors (Lipinski definition) is 1. The average molecular weight is 175 g/mol. The molecule has 60 valence electrons. The van der Waals surface area contributed by atoms with Crippen molar-refractivity contribution in [2.75, 3.05) is 0 Å². The summed E-state index contributed by atoms with van der Waals surface area (Å²) in [6.45, 7) is 1.08. The summed E-state index contributed by atoms with van der Waals surface area (Å²) >= 11 is 5.56. The highest BCUT2D eigenvalue weighted by molar-refractivity contribution is 6.30. The predicted octanol–water partition coefficient (Wildman–Crippen LogP) is 2.47. The summed E-state index contributed by atoms with van der Waals surface area (Å²) in [5, 5.41) is 9.40. The predicted molar refractivity (Wildman–Crippen MR) is 42.1 cm³/mol. The van der Waals surface area contributed by atoms with E-state index in [0.29, 0.717) is 5.02 Å². The maximum Gasteiger partial charge on any atom is 0.230 e.